The second-order valence-electron chi connectivity index (χ2n) is 4.71. The second kappa shape index (κ2) is 7.75. The van der Waals surface area contributed by atoms with Gasteiger partial charge in [0.1, 0.15) is 0 Å². The molecule has 1 aromatic rings. The largest absolute Gasteiger partial charge is 0.329 e. The smallest absolute Gasteiger partial charge is 0.241 e. The zero-order valence-corrected chi connectivity index (χ0v) is 15.2. The molecule has 0 unspecified atom stereocenters. The SMILES string of the molecule is CCC(CC)(CN)NS(=O)(=O)c1ccc(Br)c(C)c1.Cl. The topological polar surface area (TPSA) is 72.2 Å². The van der Waals surface area contributed by atoms with Gasteiger partial charge in [0.15, 0.2) is 0 Å². The summed E-state index contributed by atoms with van der Waals surface area (Å²) in [7, 11) is -3.54. The molecular weight excluding hydrogens is 364 g/mol. The van der Waals surface area contributed by atoms with Gasteiger partial charge in [-0.3, -0.25) is 0 Å². The van der Waals surface area contributed by atoms with E-state index in [2.05, 4.69) is 20.7 Å². The van der Waals surface area contributed by atoms with E-state index in [1.165, 1.54) is 0 Å². The monoisotopic (exact) mass is 384 g/mol. The molecule has 0 heterocycles. The summed E-state index contributed by atoms with van der Waals surface area (Å²) in [5, 5.41) is 0. The molecule has 0 saturated carbocycles. The predicted molar refractivity (Wildman–Crippen MR) is 88.8 cm³/mol. The Hall–Kier alpha value is -0.140. The molecule has 0 spiro atoms. The minimum absolute atomic E-state index is 0. The first kappa shape index (κ1) is 19.9. The predicted octanol–water partition coefficient (Wildman–Crippen LogP) is 2.98. The van der Waals surface area contributed by atoms with Crippen LogP contribution in [0.4, 0.5) is 0 Å². The van der Waals surface area contributed by atoms with Crippen LogP contribution < -0.4 is 10.5 Å². The average Bonchev–Trinajstić information content (AvgIpc) is 2.39. The van der Waals surface area contributed by atoms with Crippen LogP contribution in [0.5, 0.6) is 0 Å². The van der Waals surface area contributed by atoms with E-state index in [1.807, 2.05) is 20.8 Å². The van der Waals surface area contributed by atoms with Crippen molar-refractivity contribution >= 4 is 38.4 Å². The van der Waals surface area contributed by atoms with Crippen LogP contribution in [0, 0.1) is 6.92 Å². The van der Waals surface area contributed by atoms with Gasteiger partial charge in [-0.15, -0.1) is 12.4 Å². The fourth-order valence-corrected chi connectivity index (χ4v) is 3.74. The quantitative estimate of drug-likeness (QED) is 0.790. The summed E-state index contributed by atoms with van der Waals surface area (Å²) in [6.07, 6.45) is 1.32. The maximum Gasteiger partial charge on any atom is 0.241 e. The van der Waals surface area contributed by atoms with E-state index in [4.69, 9.17) is 5.73 Å². The highest BCUT2D eigenvalue weighted by molar-refractivity contribution is 9.10. The molecule has 0 amide bonds. The number of benzene rings is 1. The summed E-state index contributed by atoms with van der Waals surface area (Å²) in [4.78, 5) is 0.271. The van der Waals surface area contributed by atoms with Crippen molar-refractivity contribution in [1.82, 2.24) is 4.72 Å². The van der Waals surface area contributed by atoms with Crippen molar-refractivity contribution in [2.75, 3.05) is 6.54 Å². The molecule has 0 saturated heterocycles. The molecule has 0 aromatic heterocycles. The van der Waals surface area contributed by atoms with Gasteiger partial charge >= 0.3 is 0 Å². The van der Waals surface area contributed by atoms with Crippen LogP contribution in [0.1, 0.15) is 32.3 Å². The van der Waals surface area contributed by atoms with Crippen molar-refractivity contribution in [2.45, 2.75) is 44.0 Å². The molecule has 7 heteroatoms. The first-order chi connectivity index (χ1) is 8.80. The van der Waals surface area contributed by atoms with Gasteiger partial charge in [-0.05, 0) is 43.5 Å². The van der Waals surface area contributed by atoms with Gasteiger partial charge in [-0.1, -0.05) is 29.8 Å². The number of sulfonamides is 1. The molecular formula is C13H22BrClN2O2S. The van der Waals surface area contributed by atoms with Crippen LogP contribution >= 0.6 is 28.3 Å². The molecule has 0 aliphatic heterocycles. The Balaban J connectivity index is 0.00000361. The average molecular weight is 386 g/mol. The van der Waals surface area contributed by atoms with Crippen LogP contribution in [0.25, 0.3) is 0 Å². The standard InChI is InChI=1S/C13H21BrN2O2S.ClH/c1-4-13(5-2,9-15)16-19(17,18)11-6-7-12(14)10(3)8-11;/h6-8,16H,4-5,9,15H2,1-3H3;1H. The van der Waals surface area contributed by atoms with Crippen molar-refractivity contribution in [1.29, 1.82) is 0 Å². The Bertz CT molecular complexity index is 537. The molecule has 1 rings (SSSR count). The van der Waals surface area contributed by atoms with Gasteiger partial charge in [-0.25, -0.2) is 13.1 Å². The molecule has 116 valence electrons. The molecule has 3 N–H and O–H groups in total. The Kier molecular flexibility index (Phi) is 7.70. The first-order valence-corrected chi connectivity index (χ1v) is 8.58. The van der Waals surface area contributed by atoms with Crippen molar-refractivity contribution in [3.63, 3.8) is 0 Å². The Morgan fingerprint density at radius 1 is 1.30 bits per heavy atom. The minimum Gasteiger partial charge on any atom is -0.329 e. The number of halogens is 2. The fourth-order valence-electron chi connectivity index (χ4n) is 1.85. The van der Waals surface area contributed by atoms with Crippen molar-refractivity contribution in [2.24, 2.45) is 5.73 Å². The molecule has 0 bridgehead atoms. The Morgan fingerprint density at radius 2 is 1.85 bits per heavy atom. The number of hydrogen-bond acceptors (Lipinski definition) is 3. The lowest BCUT2D eigenvalue weighted by Gasteiger charge is -2.31. The number of rotatable bonds is 6. The summed E-state index contributed by atoms with van der Waals surface area (Å²) in [6.45, 7) is 6.02. The Morgan fingerprint density at radius 3 is 2.25 bits per heavy atom. The van der Waals surface area contributed by atoms with E-state index < -0.39 is 15.6 Å². The third-order valence-electron chi connectivity index (χ3n) is 3.53. The van der Waals surface area contributed by atoms with Crippen LogP contribution in [0.2, 0.25) is 0 Å². The molecule has 0 atom stereocenters. The third kappa shape index (κ3) is 4.43. The lowest BCUT2D eigenvalue weighted by molar-refractivity contribution is 0.363. The molecule has 0 aliphatic carbocycles. The zero-order chi connectivity index (χ0) is 14.7. The lowest BCUT2D eigenvalue weighted by Crippen LogP contribution is -2.52. The molecule has 0 radical (unpaired) electrons. The van der Waals surface area contributed by atoms with Gasteiger partial charge in [0, 0.05) is 16.6 Å². The molecule has 1 aromatic carbocycles. The van der Waals surface area contributed by atoms with Crippen molar-refractivity contribution in [3.8, 4) is 0 Å². The maximum atomic E-state index is 12.4. The highest BCUT2D eigenvalue weighted by Gasteiger charge is 2.30. The second-order valence-corrected chi connectivity index (χ2v) is 7.24. The summed E-state index contributed by atoms with van der Waals surface area (Å²) >= 11 is 3.36. The van der Waals surface area contributed by atoms with E-state index in [-0.39, 0.29) is 23.8 Å². The number of nitrogens with one attached hydrogen (secondary N) is 1. The van der Waals surface area contributed by atoms with E-state index in [0.717, 1.165) is 10.0 Å². The van der Waals surface area contributed by atoms with Gasteiger partial charge in [-0.2, -0.15) is 0 Å². The normalized spacial score (nSPS) is 12.1. The molecule has 20 heavy (non-hydrogen) atoms. The van der Waals surface area contributed by atoms with Crippen LogP contribution in [-0.4, -0.2) is 20.5 Å². The van der Waals surface area contributed by atoms with Crippen LogP contribution in [0.15, 0.2) is 27.6 Å². The van der Waals surface area contributed by atoms with Gasteiger partial charge in [0.2, 0.25) is 10.0 Å². The minimum atomic E-state index is -3.54. The highest BCUT2D eigenvalue weighted by Crippen LogP contribution is 2.22. The Labute approximate surface area is 136 Å². The van der Waals surface area contributed by atoms with E-state index in [1.54, 1.807) is 18.2 Å². The molecule has 4 nitrogen and oxygen atoms in total. The van der Waals surface area contributed by atoms with Gasteiger partial charge in [0.05, 0.1) is 4.90 Å². The summed E-state index contributed by atoms with van der Waals surface area (Å²) in [6, 6.07) is 4.98. The van der Waals surface area contributed by atoms with Gasteiger partial charge in [0.25, 0.3) is 0 Å². The summed E-state index contributed by atoms with van der Waals surface area (Å²) in [5.74, 6) is 0. The third-order valence-corrected chi connectivity index (χ3v) is 6.00. The van der Waals surface area contributed by atoms with E-state index >= 15 is 0 Å². The number of hydrogen-bond donors (Lipinski definition) is 2. The first-order valence-electron chi connectivity index (χ1n) is 6.30. The summed E-state index contributed by atoms with van der Waals surface area (Å²) in [5.41, 5.74) is 6.05. The number of aryl methyl sites for hydroxylation is 1. The lowest BCUT2D eigenvalue weighted by atomic mass is 9.95. The van der Waals surface area contributed by atoms with E-state index in [9.17, 15) is 8.42 Å². The molecule has 0 fully saturated rings. The zero-order valence-electron chi connectivity index (χ0n) is 11.9. The maximum absolute atomic E-state index is 12.4. The summed E-state index contributed by atoms with van der Waals surface area (Å²) < 4.78 is 28.5. The van der Waals surface area contributed by atoms with E-state index in [0.29, 0.717) is 12.8 Å². The highest BCUT2D eigenvalue weighted by atomic mass is 79.9. The molecule has 0 aliphatic rings. The van der Waals surface area contributed by atoms with Crippen LogP contribution in [0.3, 0.4) is 0 Å². The number of nitrogens with two attached hydrogens (primary N) is 1. The fraction of sp³-hybridized carbons (Fsp3) is 0.538. The van der Waals surface area contributed by atoms with Crippen LogP contribution in [-0.2, 0) is 10.0 Å². The van der Waals surface area contributed by atoms with Crippen molar-refractivity contribution < 1.29 is 8.42 Å². The van der Waals surface area contributed by atoms with Crippen molar-refractivity contribution in [3.05, 3.63) is 28.2 Å². The van der Waals surface area contributed by atoms with Gasteiger partial charge < -0.3 is 5.73 Å².